The number of aromatic nitrogens is 2. The van der Waals surface area contributed by atoms with Crippen molar-refractivity contribution in [2.24, 2.45) is 5.92 Å². The maximum absolute atomic E-state index is 12.8. The van der Waals surface area contributed by atoms with Crippen LogP contribution in [0.3, 0.4) is 0 Å². The topological polar surface area (TPSA) is 93.7 Å². The largest absolute Gasteiger partial charge is 0.454 e. The van der Waals surface area contributed by atoms with Crippen LogP contribution in [0.5, 0.6) is 11.5 Å². The van der Waals surface area contributed by atoms with E-state index in [-0.39, 0.29) is 25.0 Å². The number of benzene rings is 1. The third kappa shape index (κ3) is 5.45. The minimum Gasteiger partial charge on any atom is -0.454 e. The Morgan fingerprint density at radius 3 is 2.94 bits per heavy atom. The molecule has 2 amide bonds. The molecule has 1 aromatic heterocycles. The second kappa shape index (κ2) is 9.97. The smallest absolute Gasteiger partial charge is 0.266 e. The van der Waals surface area contributed by atoms with E-state index in [2.05, 4.69) is 29.4 Å². The number of rotatable bonds is 8. The van der Waals surface area contributed by atoms with E-state index in [1.807, 2.05) is 18.2 Å². The van der Waals surface area contributed by atoms with E-state index in [0.29, 0.717) is 44.7 Å². The van der Waals surface area contributed by atoms with Gasteiger partial charge in [-0.25, -0.2) is 0 Å². The van der Waals surface area contributed by atoms with Crippen molar-refractivity contribution in [2.45, 2.75) is 33.1 Å². The van der Waals surface area contributed by atoms with Crippen molar-refractivity contribution < 1.29 is 19.1 Å². The number of amides is 2. The SMILES string of the molecule is CC(C)Cc1nnc(NC(=O)CCCN2C(=O)/C(=C/c3ccc4c(c3)OCO4)SC2=S)s1. The number of anilines is 1. The lowest BCUT2D eigenvalue weighted by atomic mass is 10.1. The Balaban J connectivity index is 1.28. The minimum atomic E-state index is -0.154. The molecule has 4 rings (SSSR count). The molecule has 0 unspecified atom stereocenters. The lowest BCUT2D eigenvalue weighted by Gasteiger charge is -2.13. The van der Waals surface area contributed by atoms with Gasteiger partial charge in [-0.05, 0) is 36.1 Å². The second-order valence-corrected chi connectivity index (χ2v) is 10.4. The predicted molar refractivity (Wildman–Crippen MR) is 129 cm³/mol. The van der Waals surface area contributed by atoms with Crippen LogP contribution in [0.4, 0.5) is 5.13 Å². The van der Waals surface area contributed by atoms with E-state index in [1.165, 1.54) is 28.0 Å². The Morgan fingerprint density at radius 1 is 1.31 bits per heavy atom. The summed E-state index contributed by atoms with van der Waals surface area (Å²) < 4.78 is 11.2. The first-order chi connectivity index (χ1) is 15.4. The lowest BCUT2D eigenvalue weighted by Crippen LogP contribution is -2.29. The third-order valence-corrected chi connectivity index (χ3v) is 6.89. The van der Waals surface area contributed by atoms with Gasteiger partial charge in [0, 0.05) is 19.4 Å². The highest BCUT2D eigenvalue weighted by molar-refractivity contribution is 8.26. The minimum absolute atomic E-state index is 0.152. The molecule has 32 heavy (non-hydrogen) atoms. The molecule has 2 aromatic rings. The molecule has 0 aliphatic carbocycles. The Labute approximate surface area is 199 Å². The van der Waals surface area contributed by atoms with Crippen molar-refractivity contribution in [1.82, 2.24) is 15.1 Å². The number of hydrogen-bond acceptors (Lipinski definition) is 9. The molecule has 2 aliphatic rings. The summed E-state index contributed by atoms with van der Waals surface area (Å²) >= 11 is 8.03. The Kier molecular flexibility index (Phi) is 7.07. The molecule has 2 aliphatic heterocycles. The molecular weight excluding hydrogens is 468 g/mol. The van der Waals surface area contributed by atoms with E-state index in [0.717, 1.165) is 17.0 Å². The Morgan fingerprint density at radius 2 is 2.12 bits per heavy atom. The first-order valence-corrected chi connectivity index (χ1v) is 12.2. The average molecular weight is 491 g/mol. The first-order valence-electron chi connectivity index (χ1n) is 10.2. The molecule has 1 saturated heterocycles. The maximum Gasteiger partial charge on any atom is 0.266 e. The van der Waals surface area contributed by atoms with Crippen molar-refractivity contribution in [3.63, 3.8) is 0 Å². The van der Waals surface area contributed by atoms with Gasteiger partial charge in [0.15, 0.2) is 11.5 Å². The van der Waals surface area contributed by atoms with Gasteiger partial charge in [0.25, 0.3) is 5.91 Å². The van der Waals surface area contributed by atoms with E-state index in [9.17, 15) is 9.59 Å². The van der Waals surface area contributed by atoms with Crippen molar-refractivity contribution in [3.05, 3.63) is 33.7 Å². The third-order valence-electron chi connectivity index (χ3n) is 4.65. The van der Waals surface area contributed by atoms with Crippen LogP contribution in [0.1, 0.15) is 37.3 Å². The van der Waals surface area contributed by atoms with Crippen molar-refractivity contribution in [3.8, 4) is 11.5 Å². The summed E-state index contributed by atoms with van der Waals surface area (Å²) in [6.07, 6.45) is 3.38. The zero-order valence-electron chi connectivity index (χ0n) is 17.6. The van der Waals surface area contributed by atoms with Crippen LogP contribution in [0, 0.1) is 5.92 Å². The summed E-state index contributed by atoms with van der Waals surface area (Å²) in [5, 5.41) is 12.3. The summed E-state index contributed by atoms with van der Waals surface area (Å²) in [5.74, 6) is 1.53. The number of carbonyl (C=O) groups is 2. The Hall–Kier alpha value is -2.50. The molecule has 0 saturated carbocycles. The average Bonchev–Trinajstić information content (AvgIpc) is 3.43. The van der Waals surface area contributed by atoms with Crippen molar-refractivity contribution >= 4 is 62.7 Å². The molecule has 1 fully saturated rings. The van der Waals surface area contributed by atoms with Crippen LogP contribution in [-0.2, 0) is 16.0 Å². The van der Waals surface area contributed by atoms with E-state index in [1.54, 1.807) is 6.08 Å². The van der Waals surface area contributed by atoms with Crippen LogP contribution >= 0.6 is 35.3 Å². The van der Waals surface area contributed by atoms with E-state index >= 15 is 0 Å². The quantitative estimate of drug-likeness (QED) is 0.437. The van der Waals surface area contributed by atoms with Gasteiger partial charge in [0.2, 0.25) is 17.8 Å². The van der Waals surface area contributed by atoms with Crippen LogP contribution in [0.25, 0.3) is 6.08 Å². The number of nitrogens with one attached hydrogen (secondary N) is 1. The highest BCUT2D eigenvalue weighted by Gasteiger charge is 2.31. The van der Waals surface area contributed by atoms with Gasteiger partial charge in [-0.1, -0.05) is 55.2 Å². The second-order valence-electron chi connectivity index (χ2n) is 7.70. The number of ether oxygens (including phenoxy) is 2. The summed E-state index contributed by atoms with van der Waals surface area (Å²) in [6, 6.07) is 5.51. The number of thioether (sulfide) groups is 1. The zero-order valence-corrected chi connectivity index (χ0v) is 20.1. The molecule has 3 heterocycles. The van der Waals surface area contributed by atoms with Gasteiger partial charge in [-0.15, -0.1) is 10.2 Å². The van der Waals surface area contributed by atoms with E-state index < -0.39 is 0 Å². The van der Waals surface area contributed by atoms with Gasteiger partial charge in [-0.2, -0.15) is 0 Å². The summed E-state index contributed by atoms with van der Waals surface area (Å²) in [4.78, 5) is 27.1. The molecule has 11 heteroatoms. The summed E-state index contributed by atoms with van der Waals surface area (Å²) in [6.45, 7) is 4.80. The Bertz CT molecular complexity index is 1080. The molecule has 0 radical (unpaired) electrons. The molecular formula is C21H22N4O4S3. The fourth-order valence-electron chi connectivity index (χ4n) is 3.16. The molecule has 0 bridgehead atoms. The van der Waals surface area contributed by atoms with Gasteiger partial charge >= 0.3 is 0 Å². The molecule has 8 nitrogen and oxygen atoms in total. The van der Waals surface area contributed by atoms with Gasteiger partial charge in [0.05, 0.1) is 4.91 Å². The van der Waals surface area contributed by atoms with Crippen LogP contribution in [-0.4, -0.2) is 44.6 Å². The fraction of sp³-hybridized carbons (Fsp3) is 0.381. The number of nitrogens with zero attached hydrogens (tertiary/aromatic N) is 3. The molecule has 0 spiro atoms. The van der Waals surface area contributed by atoms with Gasteiger partial charge < -0.3 is 14.8 Å². The summed E-state index contributed by atoms with van der Waals surface area (Å²) in [5.41, 5.74) is 0.836. The van der Waals surface area contributed by atoms with Gasteiger partial charge in [-0.3, -0.25) is 14.5 Å². The van der Waals surface area contributed by atoms with Crippen molar-refractivity contribution in [1.29, 1.82) is 0 Å². The maximum atomic E-state index is 12.8. The van der Waals surface area contributed by atoms with Gasteiger partial charge in [0.1, 0.15) is 9.33 Å². The molecule has 0 atom stereocenters. The summed E-state index contributed by atoms with van der Waals surface area (Å²) in [7, 11) is 0. The van der Waals surface area contributed by atoms with Crippen LogP contribution in [0.15, 0.2) is 23.1 Å². The first kappa shape index (κ1) is 22.7. The highest BCUT2D eigenvalue weighted by Crippen LogP contribution is 2.36. The molecule has 1 N–H and O–H groups in total. The number of fused-ring (bicyclic) bond motifs is 1. The van der Waals surface area contributed by atoms with Crippen molar-refractivity contribution in [2.75, 3.05) is 18.7 Å². The normalized spacial score (nSPS) is 16.5. The molecule has 168 valence electrons. The highest BCUT2D eigenvalue weighted by atomic mass is 32.2. The zero-order chi connectivity index (χ0) is 22.7. The monoisotopic (exact) mass is 490 g/mol. The fourth-order valence-corrected chi connectivity index (χ4v) is 5.44. The number of hydrogen-bond donors (Lipinski definition) is 1. The van der Waals surface area contributed by atoms with E-state index in [4.69, 9.17) is 21.7 Å². The number of carbonyl (C=O) groups excluding carboxylic acids is 2. The lowest BCUT2D eigenvalue weighted by molar-refractivity contribution is -0.122. The van der Waals surface area contributed by atoms with Crippen LogP contribution in [0.2, 0.25) is 0 Å². The van der Waals surface area contributed by atoms with Crippen LogP contribution < -0.4 is 14.8 Å². The predicted octanol–water partition coefficient (Wildman–Crippen LogP) is 4.09. The molecule has 1 aromatic carbocycles. The standard InChI is InChI=1S/C21H22N4O4S3/c1-12(2)8-18-23-24-20(32-18)22-17(26)4-3-7-25-19(27)16(31-21(25)30)10-13-5-6-14-15(9-13)29-11-28-14/h5-6,9-10,12H,3-4,7-8,11H2,1-2H3,(H,22,24,26)/b16-10-. The number of thiocarbonyl (C=S) groups is 1.